The fourth-order valence-corrected chi connectivity index (χ4v) is 3.63. The van der Waals surface area contributed by atoms with Crippen LogP contribution in [0.1, 0.15) is 45.5 Å². The van der Waals surface area contributed by atoms with Gasteiger partial charge >= 0.3 is 6.09 Å². The summed E-state index contributed by atoms with van der Waals surface area (Å²) in [6.07, 6.45) is 2.63. The first-order valence-electron chi connectivity index (χ1n) is 9.95. The highest BCUT2D eigenvalue weighted by Crippen LogP contribution is 2.43. The van der Waals surface area contributed by atoms with E-state index in [2.05, 4.69) is 15.3 Å². The summed E-state index contributed by atoms with van der Waals surface area (Å²) in [5.74, 6) is -0.398. The number of benzene rings is 1. The number of aromatic nitrogens is 3. The summed E-state index contributed by atoms with van der Waals surface area (Å²) in [5.41, 5.74) is -0.427. The number of carbonyl (C=O) groups is 1. The molecule has 7 nitrogen and oxygen atoms in total. The maximum Gasteiger partial charge on any atom is 0.408 e. The first-order chi connectivity index (χ1) is 14.6. The monoisotopic (exact) mass is 444 g/mol. The van der Waals surface area contributed by atoms with Crippen LogP contribution in [0.2, 0.25) is 5.02 Å². The molecule has 0 unspecified atom stereocenters. The lowest BCUT2D eigenvalue weighted by Crippen LogP contribution is -2.42. The zero-order chi connectivity index (χ0) is 22.3. The largest absolute Gasteiger partial charge is 0.438 e. The Hall–Kier alpha value is -3.00. The van der Waals surface area contributed by atoms with Crippen molar-refractivity contribution in [1.29, 1.82) is 0 Å². The first-order valence-corrected chi connectivity index (χ1v) is 10.3. The van der Waals surface area contributed by atoms with Crippen LogP contribution in [0.15, 0.2) is 41.5 Å². The molecular formula is C22H22ClFN4O3. The fraction of sp³-hybridized carbons (Fsp3) is 0.364. The Balaban J connectivity index is 1.92. The third-order valence-electron chi connectivity index (χ3n) is 4.84. The number of alkyl carbamates (subject to hydrolysis) is 1. The second-order valence-corrected chi connectivity index (χ2v) is 9.05. The molecule has 31 heavy (non-hydrogen) atoms. The number of carbonyl (C=O) groups excluding carboxylic acids is 1. The number of pyridine rings is 1. The summed E-state index contributed by atoms with van der Waals surface area (Å²) in [7, 11) is 0. The predicted octanol–water partition coefficient (Wildman–Crippen LogP) is 4.55. The summed E-state index contributed by atoms with van der Waals surface area (Å²) in [6, 6.07) is 6.13. The average Bonchev–Trinajstić information content (AvgIpc) is 3.49. The highest BCUT2D eigenvalue weighted by Gasteiger charge is 2.39. The number of amides is 1. The van der Waals surface area contributed by atoms with Crippen LogP contribution in [0.4, 0.5) is 9.18 Å². The topological polar surface area (TPSA) is 86.1 Å². The Morgan fingerprint density at radius 3 is 2.71 bits per heavy atom. The lowest BCUT2D eigenvalue weighted by atomic mass is 10.1. The highest BCUT2D eigenvalue weighted by atomic mass is 35.5. The Morgan fingerprint density at radius 1 is 1.32 bits per heavy atom. The van der Waals surface area contributed by atoms with Crippen LogP contribution in [0.3, 0.4) is 0 Å². The molecule has 9 heteroatoms. The van der Waals surface area contributed by atoms with Crippen LogP contribution in [0.5, 0.6) is 0 Å². The molecule has 0 saturated heterocycles. The van der Waals surface area contributed by atoms with Gasteiger partial charge in [0.1, 0.15) is 5.82 Å². The van der Waals surface area contributed by atoms with Crippen molar-refractivity contribution in [3.05, 3.63) is 63.7 Å². The van der Waals surface area contributed by atoms with Crippen molar-refractivity contribution in [1.82, 2.24) is 19.9 Å². The number of nitrogens with one attached hydrogen (secondary N) is 1. The first kappa shape index (κ1) is 21.2. The minimum atomic E-state index is -0.790. The summed E-state index contributed by atoms with van der Waals surface area (Å²) in [5, 5.41) is 3.19. The second-order valence-electron chi connectivity index (χ2n) is 8.64. The van der Waals surface area contributed by atoms with Gasteiger partial charge in [0.05, 0.1) is 34.0 Å². The van der Waals surface area contributed by atoms with E-state index in [1.165, 1.54) is 16.8 Å². The molecule has 1 atom stereocenters. The third-order valence-corrected chi connectivity index (χ3v) is 5.15. The maximum atomic E-state index is 14.0. The molecule has 1 fully saturated rings. The molecule has 2 heterocycles. The Bertz CT molecular complexity index is 1220. The van der Waals surface area contributed by atoms with Crippen LogP contribution in [-0.2, 0) is 4.74 Å². The maximum absolute atomic E-state index is 14.0. The lowest BCUT2D eigenvalue weighted by molar-refractivity contribution is 0.0729. The zero-order valence-corrected chi connectivity index (χ0v) is 18.1. The molecule has 3 aromatic rings. The van der Waals surface area contributed by atoms with Gasteiger partial charge in [0.15, 0.2) is 11.9 Å². The van der Waals surface area contributed by atoms with E-state index in [1.54, 1.807) is 18.2 Å². The number of rotatable bonds is 4. The molecule has 2 aromatic heterocycles. The van der Waals surface area contributed by atoms with Crippen molar-refractivity contribution in [2.75, 3.05) is 0 Å². The fourth-order valence-electron chi connectivity index (χ4n) is 3.38. The molecule has 1 amide bonds. The van der Waals surface area contributed by atoms with Gasteiger partial charge in [0.2, 0.25) is 0 Å². The van der Waals surface area contributed by atoms with Crippen LogP contribution in [0, 0.1) is 11.7 Å². The van der Waals surface area contributed by atoms with E-state index in [0.717, 1.165) is 19.0 Å². The quantitative estimate of drug-likeness (QED) is 0.638. The smallest absolute Gasteiger partial charge is 0.408 e. The average molecular weight is 445 g/mol. The van der Waals surface area contributed by atoms with Gasteiger partial charge in [-0.1, -0.05) is 17.7 Å². The SMILES string of the molecule is CC(C)(C)NC(=O)O[C@H](c1nc2cccc(Cl)c2c(=O)n1-c1cncc(F)c1)C1CC1. The molecule has 1 aliphatic carbocycles. The molecule has 162 valence electrons. The van der Waals surface area contributed by atoms with Gasteiger partial charge in [0.25, 0.3) is 5.56 Å². The number of halogens is 2. The van der Waals surface area contributed by atoms with Crippen LogP contribution in [-0.4, -0.2) is 26.2 Å². The van der Waals surface area contributed by atoms with Crippen molar-refractivity contribution in [2.24, 2.45) is 5.92 Å². The summed E-state index contributed by atoms with van der Waals surface area (Å²) in [4.78, 5) is 34.5. The molecule has 0 spiro atoms. The standard InChI is InChI=1S/C22H22ClFN4O3/c1-22(2,3)27-21(30)31-18(12-7-8-12)19-26-16-6-4-5-15(23)17(16)20(29)28(19)14-9-13(24)10-25-11-14/h4-6,9-12,18H,7-8H2,1-3H3,(H,27,30)/t18-/m0/s1. The molecule has 0 bridgehead atoms. The molecule has 1 N–H and O–H groups in total. The van der Waals surface area contributed by atoms with E-state index in [4.69, 9.17) is 16.3 Å². The minimum Gasteiger partial charge on any atom is -0.438 e. The number of ether oxygens (including phenoxy) is 1. The van der Waals surface area contributed by atoms with Crippen LogP contribution >= 0.6 is 11.6 Å². The van der Waals surface area contributed by atoms with Gasteiger partial charge in [-0.05, 0) is 45.7 Å². The van der Waals surface area contributed by atoms with Crippen molar-refractivity contribution in [2.45, 2.75) is 45.3 Å². The number of fused-ring (bicyclic) bond motifs is 1. The normalized spacial score (nSPS) is 15.0. The Kier molecular flexibility index (Phi) is 5.43. The number of hydrogen-bond acceptors (Lipinski definition) is 5. The predicted molar refractivity (Wildman–Crippen MR) is 115 cm³/mol. The van der Waals surface area contributed by atoms with E-state index < -0.39 is 29.1 Å². The van der Waals surface area contributed by atoms with Gasteiger partial charge < -0.3 is 10.1 Å². The molecule has 4 rings (SSSR count). The second kappa shape index (κ2) is 7.92. The van der Waals surface area contributed by atoms with Gasteiger partial charge in [-0.25, -0.2) is 14.2 Å². The Labute approximate surface area is 183 Å². The minimum absolute atomic E-state index is 0.00187. The van der Waals surface area contributed by atoms with Crippen molar-refractivity contribution in [3.8, 4) is 5.69 Å². The van der Waals surface area contributed by atoms with Gasteiger partial charge in [-0.2, -0.15) is 0 Å². The number of nitrogens with zero attached hydrogens (tertiary/aromatic N) is 3. The third kappa shape index (κ3) is 4.54. The van der Waals surface area contributed by atoms with E-state index in [-0.39, 0.29) is 27.8 Å². The summed E-state index contributed by atoms with van der Waals surface area (Å²) < 4.78 is 20.9. The summed E-state index contributed by atoms with van der Waals surface area (Å²) >= 11 is 6.28. The molecule has 1 saturated carbocycles. The Morgan fingerprint density at radius 2 is 2.06 bits per heavy atom. The van der Waals surface area contributed by atoms with Crippen molar-refractivity contribution >= 4 is 28.6 Å². The van der Waals surface area contributed by atoms with Gasteiger partial charge in [-0.3, -0.25) is 14.3 Å². The van der Waals surface area contributed by atoms with E-state index in [9.17, 15) is 14.0 Å². The van der Waals surface area contributed by atoms with Gasteiger partial charge in [0, 0.05) is 17.5 Å². The van der Waals surface area contributed by atoms with Crippen LogP contribution in [0.25, 0.3) is 16.6 Å². The molecule has 1 aliphatic rings. The van der Waals surface area contributed by atoms with E-state index in [1.807, 2.05) is 20.8 Å². The molecule has 0 radical (unpaired) electrons. The molecule has 0 aliphatic heterocycles. The number of hydrogen-bond donors (Lipinski definition) is 1. The van der Waals surface area contributed by atoms with E-state index in [0.29, 0.717) is 5.52 Å². The van der Waals surface area contributed by atoms with E-state index >= 15 is 0 Å². The van der Waals surface area contributed by atoms with Crippen molar-refractivity contribution in [3.63, 3.8) is 0 Å². The zero-order valence-electron chi connectivity index (χ0n) is 17.4. The molecular weight excluding hydrogens is 423 g/mol. The van der Waals surface area contributed by atoms with Crippen molar-refractivity contribution < 1.29 is 13.9 Å². The molecule has 1 aromatic carbocycles. The van der Waals surface area contributed by atoms with Crippen LogP contribution < -0.4 is 10.9 Å². The highest BCUT2D eigenvalue weighted by molar-refractivity contribution is 6.35. The van der Waals surface area contributed by atoms with Gasteiger partial charge in [-0.15, -0.1) is 0 Å². The summed E-state index contributed by atoms with van der Waals surface area (Å²) in [6.45, 7) is 5.51. The lowest BCUT2D eigenvalue weighted by Gasteiger charge is -2.25.